The summed E-state index contributed by atoms with van der Waals surface area (Å²) in [4.78, 5) is 0. The Morgan fingerprint density at radius 2 is 2.00 bits per heavy atom. The molecule has 1 heterocycles. The minimum absolute atomic E-state index is 0.126. The Morgan fingerprint density at radius 1 is 1.20 bits per heavy atom. The first kappa shape index (κ1) is 14.7. The number of hydrogen-bond acceptors (Lipinski definition) is 3. The minimum atomic E-state index is 0.126. The molecule has 3 nitrogen and oxygen atoms in total. The highest BCUT2D eigenvalue weighted by molar-refractivity contribution is 5.32. The molecular formula is C17H23NO2. The molecule has 108 valence electrons. The van der Waals surface area contributed by atoms with E-state index in [0.29, 0.717) is 6.61 Å². The van der Waals surface area contributed by atoms with Crippen molar-refractivity contribution >= 4 is 0 Å². The zero-order valence-corrected chi connectivity index (χ0v) is 12.7. The van der Waals surface area contributed by atoms with Gasteiger partial charge in [-0.05, 0) is 36.2 Å². The molecule has 0 unspecified atom stereocenters. The van der Waals surface area contributed by atoms with Crippen LogP contribution in [0.4, 0.5) is 0 Å². The normalized spacial score (nSPS) is 11.6. The fourth-order valence-electron chi connectivity index (χ4n) is 2.04. The lowest BCUT2D eigenvalue weighted by atomic mass is 9.87. The van der Waals surface area contributed by atoms with Gasteiger partial charge < -0.3 is 14.5 Å². The predicted octanol–water partition coefficient (Wildman–Crippen LogP) is 3.88. The molecule has 0 saturated heterocycles. The summed E-state index contributed by atoms with van der Waals surface area (Å²) in [6, 6.07) is 10.2. The number of nitrogens with one attached hydrogen (secondary N) is 1. The molecule has 0 saturated carbocycles. The van der Waals surface area contributed by atoms with Crippen LogP contribution in [0.2, 0.25) is 0 Å². The van der Waals surface area contributed by atoms with Crippen molar-refractivity contribution in [3.8, 4) is 5.75 Å². The van der Waals surface area contributed by atoms with Crippen molar-refractivity contribution in [3.63, 3.8) is 0 Å². The van der Waals surface area contributed by atoms with E-state index in [4.69, 9.17) is 9.15 Å². The van der Waals surface area contributed by atoms with E-state index < -0.39 is 0 Å². The summed E-state index contributed by atoms with van der Waals surface area (Å²) in [5.41, 5.74) is 2.53. The Balaban J connectivity index is 2.05. The van der Waals surface area contributed by atoms with Crippen molar-refractivity contribution < 1.29 is 9.15 Å². The third-order valence-corrected chi connectivity index (χ3v) is 3.27. The standard InChI is InChI=1S/C17H23NO2/c1-17(2,3)14-6-5-7-15(10-14)20-12-16-13(11-18-4)8-9-19-16/h5-10,18H,11-12H2,1-4H3. The number of furan rings is 1. The van der Waals surface area contributed by atoms with Crippen LogP contribution in [-0.2, 0) is 18.6 Å². The molecule has 20 heavy (non-hydrogen) atoms. The van der Waals surface area contributed by atoms with Crippen LogP contribution in [0.1, 0.15) is 37.7 Å². The van der Waals surface area contributed by atoms with Gasteiger partial charge in [0, 0.05) is 12.1 Å². The van der Waals surface area contributed by atoms with Crippen LogP contribution in [-0.4, -0.2) is 7.05 Å². The van der Waals surface area contributed by atoms with E-state index in [1.165, 1.54) is 5.56 Å². The number of ether oxygens (including phenoxy) is 1. The lowest BCUT2D eigenvalue weighted by molar-refractivity contribution is 0.267. The molecule has 0 amide bonds. The van der Waals surface area contributed by atoms with Crippen LogP contribution in [0.15, 0.2) is 41.0 Å². The highest BCUT2D eigenvalue weighted by atomic mass is 16.5. The maximum Gasteiger partial charge on any atom is 0.146 e. The first-order chi connectivity index (χ1) is 9.50. The Kier molecular flexibility index (Phi) is 4.50. The lowest BCUT2D eigenvalue weighted by Crippen LogP contribution is -2.11. The Bertz CT molecular complexity index is 552. The van der Waals surface area contributed by atoms with Gasteiger partial charge >= 0.3 is 0 Å². The molecule has 3 heteroatoms. The van der Waals surface area contributed by atoms with Gasteiger partial charge in [-0.1, -0.05) is 32.9 Å². The molecule has 0 atom stereocenters. The molecule has 0 radical (unpaired) electrons. The van der Waals surface area contributed by atoms with Gasteiger partial charge in [0.15, 0.2) is 0 Å². The molecule has 2 aromatic rings. The second-order valence-electron chi connectivity index (χ2n) is 5.97. The summed E-state index contributed by atoms with van der Waals surface area (Å²) in [5, 5.41) is 3.12. The molecule has 0 aliphatic rings. The maximum absolute atomic E-state index is 5.85. The Hall–Kier alpha value is -1.74. The van der Waals surface area contributed by atoms with Gasteiger partial charge in [-0.2, -0.15) is 0 Å². The van der Waals surface area contributed by atoms with Crippen molar-refractivity contribution in [2.75, 3.05) is 7.05 Å². The zero-order chi connectivity index (χ0) is 14.6. The Labute approximate surface area is 121 Å². The van der Waals surface area contributed by atoms with Gasteiger partial charge in [0.25, 0.3) is 0 Å². The molecule has 0 spiro atoms. The van der Waals surface area contributed by atoms with E-state index in [1.54, 1.807) is 6.26 Å². The summed E-state index contributed by atoms with van der Waals surface area (Å²) in [5.74, 6) is 1.75. The lowest BCUT2D eigenvalue weighted by Gasteiger charge is -2.19. The van der Waals surface area contributed by atoms with Gasteiger partial charge in [0.05, 0.1) is 6.26 Å². The molecule has 2 rings (SSSR count). The highest BCUT2D eigenvalue weighted by Gasteiger charge is 2.14. The van der Waals surface area contributed by atoms with Crippen LogP contribution >= 0.6 is 0 Å². The second-order valence-corrected chi connectivity index (χ2v) is 5.97. The van der Waals surface area contributed by atoms with Crippen molar-refractivity contribution in [3.05, 3.63) is 53.5 Å². The second kappa shape index (κ2) is 6.14. The molecule has 0 aliphatic carbocycles. The summed E-state index contributed by atoms with van der Waals surface area (Å²) >= 11 is 0. The largest absolute Gasteiger partial charge is 0.486 e. The monoisotopic (exact) mass is 273 g/mol. The average Bonchev–Trinajstić information content (AvgIpc) is 2.84. The number of benzene rings is 1. The summed E-state index contributed by atoms with van der Waals surface area (Å²) in [7, 11) is 1.92. The molecular weight excluding hydrogens is 250 g/mol. The first-order valence-corrected chi connectivity index (χ1v) is 6.94. The fourth-order valence-corrected chi connectivity index (χ4v) is 2.04. The summed E-state index contributed by atoms with van der Waals surface area (Å²) in [6.45, 7) is 7.84. The molecule has 1 aromatic carbocycles. The van der Waals surface area contributed by atoms with E-state index in [2.05, 4.69) is 38.2 Å². The predicted molar refractivity (Wildman–Crippen MR) is 80.9 cm³/mol. The van der Waals surface area contributed by atoms with Crippen LogP contribution in [0.25, 0.3) is 0 Å². The van der Waals surface area contributed by atoms with Gasteiger partial charge in [-0.15, -0.1) is 0 Å². The third kappa shape index (κ3) is 3.64. The summed E-state index contributed by atoms with van der Waals surface area (Å²) < 4.78 is 11.3. The molecule has 1 N–H and O–H groups in total. The third-order valence-electron chi connectivity index (χ3n) is 3.27. The van der Waals surface area contributed by atoms with Gasteiger partial charge in [-0.25, -0.2) is 0 Å². The van der Waals surface area contributed by atoms with Crippen LogP contribution in [0, 0.1) is 0 Å². The molecule has 0 bridgehead atoms. The van der Waals surface area contributed by atoms with Crippen molar-refractivity contribution in [1.82, 2.24) is 5.32 Å². The number of rotatable bonds is 5. The number of hydrogen-bond donors (Lipinski definition) is 1. The van der Waals surface area contributed by atoms with Crippen LogP contribution in [0.3, 0.4) is 0 Å². The van der Waals surface area contributed by atoms with Crippen LogP contribution < -0.4 is 10.1 Å². The summed E-state index contributed by atoms with van der Waals surface area (Å²) in [6.07, 6.45) is 1.71. The smallest absolute Gasteiger partial charge is 0.146 e. The van der Waals surface area contributed by atoms with E-state index in [1.807, 2.05) is 25.2 Å². The van der Waals surface area contributed by atoms with Gasteiger partial charge in [0.1, 0.15) is 18.1 Å². The Morgan fingerprint density at radius 3 is 2.70 bits per heavy atom. The van der Waals surface area contributed by atoms with Crippen molar-refractivity contribution in [2.45, 2.75) is 39.3 Å². The minimum Gasteiger partial charge on any atom is -0.486 e. The molecule has 1 aromatic heterocycles. The van der Waals surface area contributed by atoms with Crippen LogP contribution in [0.5, 0.6) is 5.75 Å². The average molecular weight is 273 g/mol. The highest BCUT2D eigenvalue weighted by Crippen LogP contribution is 2.26. The topological polar surface area (TPSA) is 34.4 Å². The molecule has 0 aliphatic heterocycles. The van der Waals surface area contributed by atoms with Crippen molar-refractivity contribution in [2.24, 2.45) is 0 Å². The molecule has 0 fully saturated rings. The quantitative estimate of drug-likeness (QED) is 0.898. The van der Waals surface area contributed by atoms with E-state index in [9.17, 15) is 0 Å². The van der Waals surface area contributed by atoms with Gasteiger partial charge in [-0.3, -0.25) is 0 Å². The van der Waals surface area contributed by atoms with E-state index in [0.717, 1.165) is 23.6 Å². The van der Waals surface area contributed by atoms with E-state index in [-0.39, 0.29) is 5.41 Å². The first-order valence-electron chi connectivity index (χ1n) is 6.94. The maximum atomic E-state index is 5.85. The fraction of sp³-hybridized carbons (Fsp3) is 0.412. The van der Waals surface area contributed by atoms with Gasteiger partial charge in [0.2, 0.25) is 0 Å². The van der Waals surface area contributed by atoms with E-state index >= 15 is 0 Å². The SMILES string of the molecule is CNCc1ccoc1COc1cccc(C(C)(C)C)c1. The van der Waals surface area contributed by atoms with Crippen molar-refractivity contribution in [1.29, 1.82) is 0 Å². The zero-order valence-electron chi connectivity index (χ0n) is 12.7.